The lowest BCUT2D eigenvalue weighted by Crippen LogP contribution is -2.31. The maximum absolute atomic E-state index is 13.8. The quantitative estimate of drug-likeness (QED) is 0.766. The number of anilines is 1. The highest BCUT2D eigenvalue weighted by molar-refractivity contribution is 5.59. The van der Waals surface area contributed by atoms with E-state index in [-0.39, 0.29) is 5.82 Å². The van der Waals surface area contributed by atoms with Crippen LogP contribution in [0, 0.1) is 23.1 Å². The van der Waals surface area contributed by atoms with Crippen molar-refractivity contribution < 1.29 is 4.39 Å². The number of halogens is 1. The second-order valence-electron chi connectivity index (χ2n) is 7.36. The molecule has 2 aliphatic rings. The van der Waals surface area contributed by atoms with E-state index in [1.807, 2.05) is 6.07 Å². The van der Waals surface area contributed by atoms with Gasteiger partial charge in [-0.25, -0.2) is 4.39 Å². The zero-order valence-corrected chi connectivity index (χ0v) is 12.2. The van der Waals surface area contributed by atoms with Crippen LogP contribution in [0.15, 0.2) is 18.2 Å². The van der Waals surface area contributed by atoms with Crippen LogP contribution in [0.2, 0.25) is 0 Å². The molecule has 1 aliphatic carbocycles. The monoisotopic (exact) mass is 261 g/mol. The molecule has 104 valence electrons. The van der Waals surface area contributed by atoms with Crippen LogP contribution >= 0.6 is 0 Å². The Kier molecular flexibility index (Phi) is 3.07. The van der Waals surface area contributed by atoms with E-state index in [2.05, 4.69) is 32.2 Å². The molecule has 0 bridgehead atoms. The summed E-state index contributed by atoms with van der Waals surface area (Å²) in [5.74, 6) is 1.87. The predicted octanol–water partition coefficient (Wildman–Crippen LogP) is 4.80. The molecule has 1 saturated carbocycles. The van der Waals surface area contributed by atoms with E-state index in [0.717, 1.165) is 18.2 Å². The van der Waals surface area contributed by atoms with Gasteiger partial charge in [-0.2, -0.15) is 0 Å². The lowest BCUT2D eigenvalue weighted by Gasteiger charge is -2.41. The molecule has 2 heteroatoms. The molecule has 1 aromatic carbocycles. The minimum atomic E-state index is -0.0943. The summed E-state index contributed by atoms with van der Waals surface area (Å²) in [7, 11) is 0. The van der Waals surface area contributed by atoms with E-state index in [4.69, 9.17) is 0 Å². The van der Waals surface area contributed by atoms with Gasteiger partial charge in [-0.15, -0.1) is 0 Å². The van der Waals surface area contributed by atoms with Crippen molar-refractivity contribution in [3.63, 3.8) is 0 Å². The normalized spacial score (nSPS) is 32.7. The smallest absolute Gasteiger partial charge is 0.146 e. The summed E-state index contributed by atoms with van der Waals surface area (Å²) in [4.78, 5) is 0. The average molecular weight is 261 g/mol. The minimum absolute atomic E-state index is 0.0943. The van der Waals surface area contributed by atoms with Crippen LogP contribution < -0.4 is 5.32 Å². The second kappa shape index (κ2) is 4.50. The van der Waals surface area contributed by atoms with Crippen LogP contribution in [-0.2, 0) is 0 Å². The molecule has 0 amide bonds. The van der Waals surface area contributed by atoms with Gasteiger partial charge >= 0.3 is 0 Å². The van der Waals surface area contributed by atoms with Crippen LogP contribution in [0.3, 0.4) is 0 Å². The van der Waals surface area contributed by atoms with Gasteiger partial charge in [-0.1, -0.05) is 32.9 Å². The summed E-state index contributed by atoms with van der Waals surface area (Å²) >= 11 is 0. The van der Waals surface area contributed by atoms with E-state index in [9.17, 15) is 4.39 Å². The third kappa shape index (κ3) is 2.37. The van der Waals surface area contributed by atoms with E-state index in [0.29, 0.717) is 17.3 Å². The molecule has 1 N–H and O–H groups in total. The number of hydrogen-bond acceptors (Lipinski definition) is 1. The lowest BCUT2D eigenvalue weighted by molar-refractivity contribution is 0.119. The van der Waals surface area contributed by atoms with Crippen LogP contribution in [-0.4, -0.2) is 6.54 Å². The van der Waals surface area contributed by atoms with Crippen molar-refractivity contribution in [2.24, 2.45) is 17.3 Å². The molecule has 3 unspecified atom stereocenters. The van der Waals surface area contributed by atoms with Gasteiger partial charge in [0.15, 0.2) is 0 Å². The summed E-state index contributed by atoms with van der Waals surface area (Å²) in [6.07, 6.45) is 3.87. The van der Waals surface area contributed by atoms with Gasteiger partial charge in [-0.3, -0.25) is 0 Å². The SMILES string of the molecule is CC1CC(C2CNc3c(F)cccc32)CC(C)(C)C1. The third-order valence-electron chi connectivity index (χ3n) is 4.93. The molecular formula is C17H24FN. The first-order valence-electron chi connectivity index (χ1n) is 7.48. The molecule has 19 heavy (non-hydrogen) atoms. The molecule has 1 fully saturated rings. The van der Waals surface area contributed by atoms with Gasteiger partial charge in [-0.05, 0) is 48.1 Å². The Labute approximate surface area is 115 Å². The molecule has 1 aliphatic heterocycles. The Hall–Kier alpha value is -1.05. The number of fused-ring (bicyclic) bond motifs is 1. The Morgan fingerprint density at radius 2 is 2.05 bits per heavy atom. The second-order valence-corrected chi connectivity index (χ2v) is 7.36. The molecule has 0 saturated heterocycles. The van der Waals surface area contributed by atoms with Gasteiger partial charge in [0.05, 0.1) is 5.69 Å². The zero-order chi connectivity index (χ0) is 13.6. The van der Waals surface area contributed by atoms with E-state index < -0.39 is 0 Å². The molecule has 1 aromatic rings. The first-order chi connectivity index (χ1) is 8.96. The van der Waals surface area contributed by atoms with Crippen molar-refractivity contribution in [3.8, 4) is 0 Å². The van der Waals surface area contributed by atoms with Crippen molar-refractivity contribution in [1.82, 2.24) is 0 Å². The number of para-hydroxylation sites is 1. The summed E-state index contributed by atoms with van der Waals surface area (Å²) in [5, 5.41) is 3.28. The van der Waals surface area contributed by atoms with E-state index in [1.165, 1.54) is 24.8 Å². The summed E-state index contributed by atoms with van der Waals surface area (Å²) in [5.41, 5.74) is 2.39. The molecule has 1 nitrogen and oxygen atoms in total. The summed E-state index contributed by atoms with van der Waals surface area (Å²) in [6.45, 7) is 8.03. The fourth-order valence-corrected chi connectivity index (χ4v) is 4.51. The summed E-state index contributed by atoms with van der Waals surface area (Å²) in [6, 6.07) is 5.52. The van der Waals surface area contributed by atoms with E-state index in [1.54, 1.807) is 6.07 Å². The molecule has 0 radical (unpaired) electrons. The molecule has 0 aromatic heterocycles. The molecule has 3 atom stereocenters. The fraction of sp³-hybridized carbons (Fsp3) is 0.647. The maximum atomic E-state index is 13.8. The summed E-state index contributed by atoms with van der Waals surface area (Å²) < 4.78 is 13.8. The number of benzene rings is 1. The van der Waals surface area contributed by atoms with Crippen molar-refractivity contribution in [3.05, 3.63) is 29.6 Å². The first kappa shape index (κ1) is 13.0. The van der Waals surface area contributed by atoms with Crippen LogP contribution in [0.4, 0.5) is 10.1 Å². The van der Waals surface area contributed by atoms with Gasteiger partial charge < -0.3 is 5.32 Å². The van der Waals surface area contributed by atoms with Crippen LogP contribution in [0.25, 0.3) is 0 Å². The maximum Gasteiger partial charge on any atom is 0.146 e. The van der Waals surface area contributed by atoms with Crippen molar-refractivity contribution >= 4 is 5.69 Å². The Bertz CT molecular complexity index is 480. The largest absolute Gasteiger partial charge is 0.382 e. The predicted molar refractivity (Wildman–Crippen MR) is 77.9 cm³/mol. The van der Waals surface area contributed by atoms with Crippen LogP contribution in [0.5, 0.6) is 0 Å². The number of nitrogens with one attached hydrogen (secondary N) is 1. The van der Waals surface area contributed by atoms with Gasteiger partial charge in [0.2, 0.25) is 0 Å². The van der Waals surface area contributed by atoms with Gasteiger partial charge in [0.25, 0.3) is 0 Å². The van der Waals surface area contributed by atoms with Crippen molar-refractivity contribution in [1.29, 1.82) is 0 Å². The zero-order valence-electron chi connectivity index (χ0n) is 12.2. The highest BCUT2D eigenvalue weighted by Crippen LogP contribution is 2.49. The number of hydrogen-bond donors (Lipinski definition) is 1. The Balaban J connectivity index is 1.87. The Morgan fingerprint density at radius 3 is 2.79 bits per heavy atom. The standard InChI is InChI=1S/C17H24FN/c1-11-7-12(9-17(2,3)8-11)14-10-19-16-13(14)5-4-6-15(16)18/h4-6,11-12,14,19H,7-10H2,1-3H3. The molecular weight excluding hydrogens is 237 g/mol. The first-order valence-corrected chi connectivity index (χ1v) is 7.48. The lowest BCUT2D eigenvalue weighted by atomic mass is 9.64. The highest BCUT2D eigenvalue weighted by Gasteiger charge is 2.39. The Morgan fingerprint density at radius 1 is 1.26 bits per heavy atom. The highest BCUT2D eigenvalue weighted by atomic mass is 19.1. The van der Waals surface area contributed by atoms with Gasteiger partial charge in [0, 0.05) is 12.5 Å². The van der Waals surface area contributed by atoms with Crippen LogP contribution in [0.1, 0.15) is 51.5 Å². The van der Waals surface area contributed by atoms with Crippen molar-refractivity contribution in [2.45, 2.75) is 46.0 Å². The average Bonchev–Trinajstić information content (AvgIpc) is 2.71. The number of rotatable bonds is 1. The topological polar surface area (TPSA) is 12.0 Å². The molecule has 3 rings (SSSR count). The minimum Gasteiger partial charge on any atom is -0.382 e. The van der Waals surface area contributed by atoms with Crippen molar-refractivity contribution in [2.75, 3.05) is 11.9 Å². The fourth-order valence-electron chi connectivity index (χ4n) is 4.51. The molecule has 1 heterocycles. The molecule has 0 spiro atoms. The van der Waals surface area contributed by atoms with E-state index >= 15 is 0 Å². The third-order valence-corrected chi connectivity index (χ3v) is 4.93. The van der Waals surface area contributed by atoms with Gasteiger partial charge in [0.1, 0.15) is 5.82 Å².